The second-order valence-corrected chi connectivity index (χ2v) is 8.57. The van der Waals surface area contributed by atoms with E-state index < -0.39 is 17.8 Å². The Hall–Kier alpha value is -2.65. The Morgan fingerprint density at radius 2 is 2.19 bits per heavy atom. The smallest absolute Gasteiger partial charge is 0.338 e. The van der Waals surface area contributed by atoms with E-state index in [9.17, 15) is 14.0 Å². The highest BCUT2D eigenvalue weighted by atomic mass is 32.2. The maximum absolute atomic E-state index is 14.9. The Bertz CT molecular complexity index is 1000. The minimum atomic E-state index is -0.765. The number of hydrogen-bond acceptors (Lipinski definition) is 7. The third-order valence-corrected chi connectivity index (χ3v) is 6.61. The summed E-state index contributed by atoms with van der Waals surface area (Å²) in [4.78, 5) is 31.9. The summed E-state index contributed by atoms with van der Waals surface area (Å²) in [5, 5.41) is 5.37. The third kappa shape index (κ3) is 4.45. The van der Waals surface area contributed by atoms with Gasteiger partial charge in [0.1, 0.15) is 5.82 Å². The molecular weight excluding hydrogens is 433 g/mol. The van der Waals surface area contributed by atoms with Gasteiger partial charge in [0, 0.05) is 24.4 Å². The van der Waals surface area contributed by atoms with E-state index in [1.807, 2.05) is 12.3 Å². The third-order valence-electron chi connectivity index (χ3n) is 5.72. The zero-order chi connectivity index (χ0) is 22.7. The molecule has 32 heavy (non-hydrogen) atoms. The predicted molar refractivity (Wildman–Crippen MR) is 120 cm³/mol. The maximum atomic E-state index is 14.9. The van der Waals surface area contributed by atoms with Crippen LogP contribution in [-0.2, 0) is 19.1 Å². The second kappa shape index (κ2) is 9.87. The highest BCUT2D eigenvalue weighted by Gasteiger charge is 2.42. The van der Waals surface area contributed by atoms with Crippen molar-refractivity contribution in [3.05, 3.63) is 58.0 Å². The Kier molecular flexibility index (Phi) is 6.95. The minimum absolute atomic E-state index is 0.0464. The summed E-state index contributed by atoms with van der Waals surface area (Å²) in [6.45, 7) is 3.08. The van der Waals surface area contributed by atoms with Crippen LogP contribution in [-0.4, -0.2) is 48.3 Å². The first kappa shape index (κ1) is 22.5. The van der Waals surface area contributed by atoms with Gasteiger partial charge in [-0.15, -0.1) is 0 Å². The van der Waals surface area contributed by atoms with Gasteiger partial charge in [-0.25, -0.2) is 14.2 Å². The standard InChI is InChI=1S/C23H26FN3O4S/c1-3-18-20(22(29)30-2)21(16-8-4-5-9-17(16)24)27-14(13-32-23(27)26-18)11-19(28)25-12-15-7-6-10-31-15/h4-5,8-9,13,15,21H,3,6-7,10-12H2,1-2H3,(H,25,28)/t15-,21+/m1/s1. The highest BCUT2D eigenvalue weighted by molar-refractivity contribution is 8.16. The first-order valence-corrected chi connectivity index (χ1v) is 11.6. The molecule has 1 saturated heterocycles. The number of rotatable bonds is 7. The summed E-state index contributed by atoms with van der Waals surface area (Å²) in [5.41, 5.74) is 1.83. The number of thioether (sulfide) groups is 1. The number of esters is 1. The van der Waals surface area contributed by atoms with Gasteiger partial charge >= 0.3 is 5.97 Å². The van der Waals surface area contributed by atoms with Crippen molar-refractivity contribution in [1.82, 2.24) is 10.2 Å². The molecule has 1 aromatic rings. The number of benzene rings is 1. The molecular formula is C23H26FN3O4S. The summed E-state index contributed by atoms with van der Waals surface area (Å²) in [6, 6.07) is 5.58. The van der Waals surface area contributed by atoms with Gasteiger partial charge in [-0.05, 0) is 30.7 Å². The molecule has 0 radical (unpaired) electrons. The summed E-state index contributed by atoms with van der Waals surface area (Å²) < 4.78 is 25.5. The van der Waals surface area contributed by atoms with Gasteiger partial charge in [0.15, 0.2) is 5.17 Å². The van der Waals surface area contributed by atoms with Crippen molar-refractivity contribution in [1.29, 1.82) is 0 Å². The van der Waals surface area contributed by atoms with Gasteiger partial charge in [0.25, 0.3) is 0 Å². The van der Waals surface area contributed by atoms with E-state index in [1.54, 1.807) is 23.1 Å². The lowest BCUT2D eigenvalue weighted by Crippen LogP contribution is -2.39. The number of amides is 1. The van der Waals surface area contributed by atoms with Gasteiger partial charge < -0.3 is 19.7 Å². The molecule has 1 aromatic carbocycles. The summed E-state index contributed by atoms with van der Waals surface area (Å²) >= 11 is 1.37. The second-order valence-electron chi connectivity index (χ2n) is 7.74. The largest absolute Gasteiger partial charge is 0.466 e. The molecule has 0 aromatic heterocycles. The number of amidine groups is 1. The summed E-state index contributed by atoms with van der Waals surface area (Å²) in [6.07, 6.45) is 2.56. The van der Waals surface area contributed by atoms with Gasteiger partial charge in [0.2, 0.25) is 5.91 Å². The van der Waals surface area contributed by atoms with Crippen LogP contribution in [0.4, 0.5) is 4.39 Å². The van der Waals surface area contributed by atoms with Crippen molar-refractivity contribution < 1.29 is 23.5 Å². The molecule has 3 aliphatic heterocycles. The monoisotopic (exact) mass is 459 g/mol. The molecule has 0 spiro atoms. The molecule has 2 atom stereocenters. The van der Waals surface area contributed by atoms with Crippen LogP contribution in [0.5, 0.6) is 0 Å². The van der Waals surface area contributed by atoms with Crippen molar-refractivity contribution in [2.75, 3.05) is 20.3 Å². The van der Waals surface area contributed by atoms with Crippen molar-refractivity contribution in [3.63, 3.8) is 0 Å². The van der Waals surface area contributed by atoms with Crippen LogP contribution in [0.1, 0.15) is 44.2 Å². The zero-order valence-corrected chi connectivity index (χ0v) is 18.9. The SMILES string of the molecule is CCC1=C(C(=O)OC)[C@H](c2ccccc2F)N2C(CC(=O)NC[C@H]3CCCO3)=CSC2=N1. The topological polar surface area (TPSA) is 80.2 Å². The first-order chi connectivity index (χ1) is 15.5. The molecule has 0 saturated carbocycles. The van der Waals surface area contributed by atoms with E-state index in [2.05, 4.69) is 10.3 Å². The molecule has 0 unspecified atom stereocenters. The van der Waals surface area contributed by atoms with E-state index in [4.69, 9.17) is 9.47 Å². The Balaban J connectivity index is 1.64. The number of carbonyl (C=O) groups is 2. The number of fused-ring (bicyclic) bond motifs is 1. The minimum Gasteiger partial charge on any atom is -0.466 e. The van der Waals surface area contributed by atoms with Crippen LogP contribution in [0.3, 0.4) is 0 Å². The van der Waals surface area contributed by atoms with E-state index in [0.29, 0.717) is 35.1 Å². The van der Waals surface area contributed by atoms with Crippen LogP contribution in [0.2, 0.25) is 0 Å². The van der Waals surface area contributed by atoms with Gasteiger partial charge in [-0.3, -0.25) is 4.79 Å². The fourth-order valence-corrected chi connectivity index (χ4v) is 5.10. The van der Waals surface area contributed by atoms with Gasteiger partial charge in [0.05, 0.1) is 36.9 Å². The zero-order valence-electron chi connectivity index (χ0n) is 18.1. The number of hydrogen-bond donors (Lipinski definition) is 1. The molecule has 1 N–H and O–H groups in total. The number of ether oxygens (including phenoxy) is 2. The van der Waals surface area contributed by atoms with Crippen LogP contribution in [0.15, 0.2) is 51.6 Å². The number of allylic oxidation sites excluding steroid dienone is 1. The van der Waals surface area contributed by atoms with Crippen molar-refractivity contribution in [3.8, 4) is 0 Å². The van der Waals surface area contributed by atoms with Crippen LogP contribution < -0.4 is 5.32 Å². The fourth-order valence-electron chi connectivity index (χ4n) is 4.16. The normalized spacial score (nSPS) is 22.4. The molecule has 1 fully saturated rings. The van der Waals surface area contributed by atoms with E-state index >= 15 is 0 Å². The van der Waals surface area contributed by atoms with Crippen molar-refractivity contribution in [2.24, 2.45) is 4.99 Å². The van der Waals surface area contributed by atoms with E-state index in [-0.39, 0.29) is 24.0 Å². The van der Waals surface area contributed by atoms with E-state index in [1.165, 1.54) is 24.9 Å². The lowest BCUT2D eigenvalue weighted by atomic mass is 9.92. The Morgan fingerprint density at radius 3 is 2.88 bits per heavy atom. The number of nitrogens with one attached hydrogen (secondary N) is 1. The molecule has 0 aliphatic carbocycles. The van der Waals surface area contributed by atoms with Crippen LogP contribution in [0.25, 0.3) is 0 Å². The summed E-state index contributed by atoms with van der Waals surface area (Å²) in [5.74, 6) is -1.16. The Labute approximate surface area is 190 Å². The van der Waals surface area contributed by atoms with Gasteiger partial charge in [-0.2, -0.15) is 0 Å². The number of halogens is 1. The molecule has 4 rings (SSSR count). The number of nitrogens with zero attached hydrogens (tertiary/aromatic N) is 2. The number of aliphatic imine (C=N–C) groups is 1. The molecule has 1 amide bonds. The Morgan fingerprint density at radius 1 is 1.38 bits per heavy atom. The molecule has 170 valence electrons. The quantitative estimate of drug-likeness (QED) is 0.627. The fraction of sp³-hybridized carbons (Fsp3) is 0.435. The van der Waals surface area contributed by atoms with Crippen LogP contribution in [0, 0.1) is 5.82 Å². The molecule has 0 bridgehead atoms. The van der Waals surface area contributed by atoms with Crippen molar-refractivity contribution >= 4 is 28.8 Å². The van der Waals surface area contributed by atoms with Crippen molar-refractivity contribution in [2.45, 2.75) is 44.8 Å². The van der Waals surface area contributed by atoms with Gasteiger partial charge in [-0.1, -0.05) is 36.9 Å². The van der Waals surface area contributed by atoms with E-state index in [0.717, 1.165) is 19.4 Å². The summed E-state index contributed by atoms with van der Waals surface area (Å²) in [7, 11) is 1.30. The number of methoxy groups -OCH3 is 1. The molecule has 3 aliphatic rings. The van der Waals surface area contributed by atoms with Crippen LogP contribution >= 0.6 is 11.8 Å². The molecule has 7 nitrogen and oxygen atoms in total. The highest BCUT2D eigenvalue weighted by Crippen LogP contribution is 2.45. The molecule has 9 heteroatoms. The molecule has 3 heterocycles. The lowest BCUT2D eigenvalue weighted by molar-refractivity contribution is -0.136. The average Bonchev–Trinajstić information content (AvgIpc) is 3.46. The number of carbonyl (C=O) groups excluding carboxylic acids is 2. The average molecular weight is 460 g/mol. The predicted octanol–water partition coefficient (Wildman–Crippen LogP) is 3.65. The lowest BCUT2D eigenvalue weighted by Gasteiger charge is -2.36. The first-order valence-electron chi connectivity index (χ1n) is 10.7. The maximum Gasteiger partial charge on any atom is 0.338 e.